The molecule has 1 saturated heterocycles. The highest BCUT2D eigenvalue weighted by atomic mass is 16.1. The Labute approximate surface area is 113 Å². The first-order valence-electron chi connectivity index (χ1n) is 7.09. The van der Waals surface area contributed by atoms with Crippen molar-refractivity contribution in [2.45, 2.75) is 43.7 Å². The molecule has 0 aromatic heterocycles. The maximum atomic E-state index is 11.4. The second-order valence-corrected chi connectivity index (χ2v) is 5.80. The highest BCUT2D eigenvalue weighted by molar-refractivity contribution is 5.98. The van der Waals surface area contributed by atoms with Gasteiger partial charge in [-0.25, -0.2) is 0 Å². The van der Waals surface area contributed by atoms with Gasteiger partial charge < -0.3 is 16.4 Å². The lowest BCUT2D eigenvalue weighted by molar-refractivity contribution is 0.100. The number of amides is 1. The van der Waals surface area contributed by atoms with Crippen molar-refractivity contribution in [1.82, 2.24) is 5.32 Å². The van der Waals surface area contributed by atoms with Crippen LogP contribution in [0.5, 0.6) is 0 Å². The van der Waals surface area contributed by atoms with Crippen LogP contribution >= 0.6 is 0 Å². The van der Waals surface area contributed by atoms with Crippen molar-refractivity contribution in [3.8, 4) is 0 Å². The summed E-state index contributed by atoms with van der Waals surface area (Å²) in [5.41, 5.74) is 7.24. The Morgan fingerprint density at radius 3 is 2.84 bits per heavy atom. The quantitative estimate of drug-likeness (QED) is 0.776. The molecule has 2 fully saturated rings. The smallest absolute Gasteiger partial charge is 0.250 e. The predicted molar refractivity (Wildman–Crippen MR) is 76.2 cm³/mol. The predicted octanol–water partition coefficient (Wildman–Crippen LogP) is 1.87. The number of rotatable bonds is 3. The number of carbonyl (C=O) groups is 1. The molecule has 102 valence electrons. The van der Waals surface area contributed by atoms with E-state index in [0.717, 1.165) is 25.1 Å². The molecule has 0 radical (unpaired) electrons. The molecule has 1 unspecified atom stereocenters. The van der Waals surface area contributed by atoms with Gasteiger partial charge in [0.2, 0.25) is 0 Å². The van der Waals surface area contributed by atoms with Crippen molar-refractivity contribution in [3.63, 3.8) is 0 Å². The largest absolute Gasteiger partial charge is 0.382 e. The summed E-state index contributed by atoms with van der Waals surface area (Å²) in [6.07, 6.45) is 6.12. The molecule has 1 spiro atoms. The molecule has 3 rings (SSSR count). The molecule has 1 amide bonds. The molecule has 1 heterocycles. The van der Waals surface area contributed by atoms with Crippen molar-refractivity contribution in [2.24, 2.45) is 5.73 Å². The van der Waals surface area contributed by atoms with Crippen LogP contribution in [0, 0.1) is 0 Å². The number of primary amides is 1. The van der Waals surface area contributed by atoms with E-state index in [1.54, 1.807) is 6.07 Å². The summed E-state index contributed by atoms with van der Waals surface area (Å²) in [4.78, 5) is 11.4. The Morgan fingerprint density at radius 1 is 1.37 bits per heavy atom. The molecule has 2 aliphatic rings. The highest BCUT2D eigenvalue weighted by Crippen LogP contribution is 2.39. The fourth-order valence-corrected chi connectivity index (χ4v) is 3.31. The minimum atomic E-state index is -0.365. The van der Waals surface area contributed by atoms with Crippen molar-refractivity contribution in [1.29, 1.82) is 0 Å². The Bertz CT molecular complexity index is 482. The van der Waals surface area contributed by atoms with Gasteiger partial charge in [-0.1, -0.05) is 12.1 Å². The Hall–Kier alpha value is -1.55. The molecule has 1 aliphatic heterocycles. The van der Waals surface area contributed by atoms with Gasteiger partial charge in [-0.05, 0) is 50.8 Å². The van der Waals surface area contributed by atoms with Crippen molar-refractivity contribution < 1.29 is 4.79 Å². The van der Waals surface area contributed by atoms with Gasteiger partial charge in [0.05, 0.1) is 5.56 Å². The normalized spacial score (nSPS) is 24.7. The number of nitrogens with two attached hydrogens (primary N) is 1. The summed E-state index contributed by atoms with van der Waals surface area (Å²) in [5.74, 6) is -0.365. The monoisotopic (exact) mass is 259 g/mol. The summed E-state index contributed by atoms with van der Waals surface area (Å²) in [5, 5.41) is 7.17. The molecule has 1 aliphatic carbocycles. The lowest BCUT2D eigenvalue weighted by Gasteiger charge is -2.48. The average molecular weight is 259 g/mol. The maximum Gasteiger partial charge on any atom is 0.250 e. The van der Waals surface area contributed by atoms with E-state index in [-0.39, 0.29) is 5.91 Å². The number of para-hydroxylation sites is 1. The molecule has 0 bridgehead atoms. The first-order chi connectivity index (χ1) is 9.19. The van der Waals surface area contributed by atoms with Gasteiger partial charge in [0.25, 0.3) is 5.91 Å². The number of piperidine rings is 1. The fourth-order valence-electron chi connectivity index (χ4n) is 3.31. The lowest BCUT2D eigenvalue weighted by Crippen LogP contribution is -2.58. The van der Waals surface area contributed by atoms with Gasteiger partial charge in [0, 0.05) is 17.3 Å². The van der Waals surface area contributed by atoms with E-state index in [9.17, 15) is 4.79 Å². The van der Waals surface area contributed by atoms with E-state index < -0.39 is 0 Å². The van der Waals surface area contributed by atoms with Crippen LogP contribution < -0.4 is 16.4 Å². The van der Waals surface area contributed by atoms with E-state index in [1.165, 1.54) is 19.3 Å². The molecule has 4 heteroatoms. The van der Waals surface area contributed by atoms with Crippen molar-refractivity contribution in [3.05, 3.63) is 29.8 Å². The van der Waals surface area contributed by atoms with E-state index >= 15 is 0 Å². The second kappa shape index (κ2) is 4.85. The highest BCUT2D eigenvalue weighted by Gasteiger charge is 2.40. The third-order valence-electron chi connectivity index (χ3n) is 4.49. The van der Waals surface area contributed by atoms with E-state index in [1.807, 2.05) is 18.2 Å². The van der Waals surface area contributed by atoms with Crippen LogP contribution in [0.1, 0.15) is 42.5 Å². The molecular weight excluding hydrogens is 238 g/mol. The van der Waals surface area contributed by atoms with Crippen LogP contribution in [0.2, 0.25) is 0 Å². The molecule has 4 nitrogen and oxygen atoms in total. The summed E-state index contributed by atoms with van der Waals surface area (Å²) in [6, 6.07) is 7.94. The molecule has 1 aromatic rings. The second-order valence-electron chi connectivity index (χ2n) is 5.80. The third-order valence-corrected chi connectivity index (χ3v) is 4.49. The number of carbonyl (C=O) groups excluding carboxylic acids is 1. The SMILES string of the molecule is NC(=O)c1ccccc1NC1CCNC2(CCC2)C1. The summed E-state index contributed by atoms with van der Waals surface area (Å²) in [7, 11) is 0. The summed E-state index contributed by atoms with van der Waals surface area (Å²) < 4.78 is 0. The first-order valence-corrected chi connectivity index (χ1v) is 7.09. The Kier molecular flexibility index (Phi) is 3.19. The van der Waals surface area contributed by atoms with Gasteiger partial charge in [-0.3, -0.25) is 4.79 Å². The standard InChI is InChI=1S/C15H21N3O/c16-14(19)12-4-1-2-5-13(12)18-11-6-9-17-15(10-11)7-3-8-15/h1-2,4-5,11,17-18H,3,6-10H2,(H2,16,19). The van der Waals surface area contributed by atoms with Gasteiger partial charge >= 0.3 is 0 Å². The number of anilines is 1. The number of hydrogen-bond donors (Lipinski definition) is 3. The van der Waals surface area contributed by atoms with Gasteiger partial charge in [-0.15, -0.1) is 0 Å². The molecule has 1 saturated carbocycles. The molecule has 4 N–H and O–H groups in total. The minimum Gasteiger partial charge on any atom is -0.382 e. The molecule has 1 atom stereocenters. The van der Waals surface area contributed by atoms with Crippen LogP contribution in [0.3, 0.4) is 0 Å². The zero-order valence-corrected chi connectivity index (χ0v) is 11.1. The van der Waals surface area contributed by atoms with Crippen LogP contribution in [0.4, 0.5) is 5.69 Å². The van der Waals surface area contributed by atoms with E-state index in [0.29, 0.717) is 17.1 Å². The van der Waals surface area contributed by atoms with Crippen LogP contribution in [-0.2, 0) is 0 Å². The van der Waals surface area contributed by atoms with E-state index in [2.05, 4.69) is 10.6 Å². The van der Waals surface area contributed by atoms with Gasteiger partial charge in [0.15, 0.2) is 0 Å². The van der Waals surface area contributed by atoms with Crippen molar-refractivity contribution in [2.75, 3.05) is 11.9 Å². The number of benzene rings is 1. The average Bonchev–Trinajstić information content (AvgIpc) is 2.37. The number of hydrogen-bond acceptors (Lipinski definition) is 3. The first kappa shape index (κ1) is 12.5. The van der Waals surface area contributed by atoms with Crippen LogP contribution in [0.15, 0.2) is 24.3 Å². The summed E-state index contributed by atoms with van der Waals surface area (Å²) >= 11 is 0. The van der Waals surface area contributed by atoms with Crippen LogP contribution in [-0.4, -0.2) is 24.0 Å². The zero-order chi connectivity index (χ0) is 13.3. The van der Waals surface area contributed by atoms with Gasteiger partial charge in [-0.2, -0.15) is 0 Å². The van der Waals surface area contributed by atoms with E-state index in [4.69, 9.17) is 5.73 Å². The Morgan fingerprint density at radius 2 is 2.16 bits per heavy atom. The van der Waals surface area contributed by atoms with Crippen molar-refractivity contribution >= 4 is 11.6 Å². The molecule has 1 aromatic carbocycles. The number of nitrogens with one attached hydrogen (secondary N) is 2. The Balaban J connectivity index is 1.72. The topological polar surface area (TPSA) is 67.2 Å². The summed E-state index contributed by atoms with van der Waals surface area (Å²) in [6.45, 7) is 1.05. The van der Waals surface area contributed by atoms with Crippen LogP contribution in [0.25, 0.3) is 0 Å². The molecular formula is C15H21N3O. The molecule has 19 heavy (non-hydrogen) atoms. The maximum absolute atomic E-state index is 11.4. The fraction of sp³-hybridized carbons (Fsp3) is 0.533. The third kappa shape index (κ3) is 2.45. The minimum absolute atomic E-state index is 0.359. The zero-order valence-electron chi connectivity index (χ0n) is 11.1. The lowest BCUT2D eigenvalue weighted by atomic mass is 9.70. The van der Waals surface area contributed by atoms with Gasteiger partial charge in [0.1, 0.15) is 0 Å².